The summed E-state index contributed by atoms with van der Waals surface area (Å²) in [5, 5.41) is 5.42. The summed E-state index contributed by atoms with van der Waals surface area (Å²) in [4.78, 5) is 13.4. The van der Waals surface area contributed by atoms with Crippen molar-refractivity contribution in [3.8, 4) is 0 Å². The Labute approximate surface area is 133 Å². The van der Waals surface area contributed by atoms with Gasteiger partial charge in [-0.15, -0.1) is 0 Å². The molecular formula is C14H25F3N4O2. The molecule has 2 rings (SSSR count). The number of hydrogen-bond donors (Lipinski definition) is 3. The molecule has 134 valence electrons. The van der Waals surface area contributed by atoms with Crippen LogP contribution in [-0.2, 0) is 9.53 Å². The molecule has 2 atom stereocenters. The number of nitrogens with one attached hydrogen (secondary N) is 2. The summed E-state index contributed by atoms with van der Waals surface area (Å²) < 4.78 is 45.0. The van der Waals surface area contributed by atoms with E-state index >= 15 is 0 Å². The van der Waals surface area contributed by atoms with Gasteiger partial charge in [-0.1, -0.05) is 0 Å². The van der Waals surface area contributed by atoms with Crippen molar-refractivity contribution in [2.75, 3.05) is 45.9 Å². The molecular weight excluding hydrogens is 313 g/mol. The lowest BCUT2D eigenvalue weighted by Crippen LogP contribution is -2.59. The Hall–Kier alpha value is -0.900. The van der Waals surface area contributed by atoms with E-state index in [4.69, 9.17) is 10.5 Å². The molecule has 0 bridgehead atoms. The van der Waals surface area contributed by atoms with E-state index in [1.54, 1.807) is 0 Å². The van der Waals surface area contributed by atoms with Crippen LogP contribution < -0.4 is 16.4 Å². The van der Waals surface area contributed by atoms with Crippen LogP contribution in [-0.4, -0.2) is 75.0 Å². The van der Waals surface area contributed by atoms with Gasteiger partial charge in [0.1, 0.15) is 6.04 Å². The molecule has 2 aliphatic rings. The van der Waals surface area contributed by atoms with Gasteiger partial charge in [0.05, 0.1) is 6.04 Å². The predicted octanol–water partition coefficient (Wildman–Crippen LogP) is -0.307. The first kappa shape index (κ1) is 18.4. The highest BCUT2D eigenvalue weighted by Crippen LogP contribution is 2.25. The summed E-state index contributed by atoms with van der Waals surface area (Å²) in [7, 11) is 0. The molecule has 0 aliphatic carbocycles. The van der Waals surface area contributed by atoms with Crippen molar-refractivity contribution in [3.63, 3.8) is 0 Å². The Morgan fingerprint density at radius 2 is 1.91 bits per heavy atom. The summed E-state index contributed by atoms with van der Waals surface area (Å²) in [6.07, 6.45) is -3.06. The van der Waals surface area contributed by atoms with E-state index in [1.807, 2.05) is 0 Å². The van der Waals surface area contributed by atoms with Crippen molar-refractivity contribution in [3.05, 3.63) is 0 Å². The number of alkyl halides is 3. The Kier molecular flexibility index (Phi) is 6.63. The molecule has 1 amide bonds. The van der Waals surface area contributed by atoms with Gasteiger partial charge in [0, 0.05) is 45.9 Å². The van der Waals surface area contributed by atoms with E-state index < -0.39 is 30.7 Å². The quantitative estimate of drug-likeness (QED) is 0.641. The van der Waals surface area contributed by atoms with Gasteiger partial charge in [-0.2, -0.15) is 13.2 Å². The number of ether oxygens (including phenoxy) is 1. The topological polar surface area (TPSA) is 79.6 Å². The molecule has 2 fully saturated rings. The fourth-order valence-electron chi connectivity index (χ4n) is 3.05. The molecule has 0 aromatic rings. The Bertz CT molecular complexity index is 383. The highest BCUT2D eigenvalue weighted by molar-refractivity contribution is 5.81. The van der Waals surface area contributed by atoms with Crippen LogP contribution in [0.5, 0.6) is 0 Å². The van der Waals surface area contributed by atoms with Crippen molar-refractivity contribution in [1.82, 2.24) is 15.5 Å². The number of amides is 1. The van der Waals surface area contributed by atoms with Crippen LogP contribution in [0.15, 0.2) is 0 Å². The zero-order chi connectivity index (χ0) is 16.9. The first-order chi connectivity index (χ1) is 10.9. The van der Waals surface area contributed by atoms with Crippen molar-refractivity contribution in [1.29, 1.82) is 0 Å². The fraction of sp³-hybridized carbons (Fsp3) is 0.929. The van der Waals surface area contributed by atoms with Crippen molar-refractivity contribution < 1.29 is 22.7 Å². The van der Waals surface area contributed by atoms with Gasteiger partial charge in [0.15, 0.2) is 0 Å². The van der Waals surface area contributed by atoms with Gasteiger partial charge in [-0.25, -0.2) is 0 Å². The summed E-state index contributed by atoms with van der Waals surface area (Å²) in [5.74, 6) is -0.548. The Balaban J connectivity index is 1.87. The van der Waals surface area contributed by atoms with Crippen LogP contribution in [0.4, 0.5) is 13.2 Å². The molecule has 2 heterocycles. The summed E-state index contributed by atoms with van der Waals surface area (Å²) in [6, 6.07) is -2.45. The Morgan fingerprint density at radius 3 is 2.48 bits per heavy atom. The maximum Gasteiger partial charge on any atom is 0.405 e. The van der Waals surface area contributed by atoms with Gasteiger partial charge >= 0.3 is 6.18 Å². The van der Waals surface area contributed by atoms with Gasteiger partial charge in [-0.3, -0.25) is 9.69 Å². The molecule has 0 aromatic carbocycles. The van der Waals surface area contributed by atoms with E-state index in [-0.39, 0.29) is 5.92 Å². The number of carbonyl (C=O) groups is 1. The van der Waals surface area contributed by atoms with Crippen molar-refractivity contribution in [2.45, 2.75) is 31.1 Å². The molecule has 9 heteroatoms. The highest BCUT2D eigenvalue weighted by atomic mass is 19.4. The molecule has 0 radical (unpaired) electrons. The van der Waals surface area contributed by atoms with Crippen LogP contribution in [0, 0.1) is 5.92 Å². The molecule has 0 saturated carbocycles. The third-order valence-electron chi connectivity index (χ3n) is 4.52. The van der Waals surface area contributed by atoms with Gasteiger partial charge in [0.2, 0.25) is 5.91 Å². The Morgan fingerprint density at radius 1 is 1.30 bits per heavy atom. The smallest absolute Gasteiger partial charge is 0.381 e. The molecule has 0 unspecified atom stereocenters. The first-order valence-corrected chi connectivity index (χ1v) is 8.02. The summed E-state index contributed by atoms with van der Waals surface area (Å²) >= 11 is 0. The van der Waals surface area contributed by atoms with Gasteiger partial charge in [-0.05, 0) is 18.8 Å². The number of nitrogens with zero attached hydrogens (tertiary/aromatic N) is 1. The minimum Gasteiger partial charge on any atom is -0.381 e. The monoisotopic (exact) mass is 338 g/mol. The standard InChI is InChI=1S/C14H25F3N4O2/c15-14(16,17)11(21-5-3-19-4-6-21)9-20-13(22)12(18)10-1-7-23-8-2-10/h10-12,19H,1-9,18H2,(H,20,22)/t11-,12+/m0/s1. The molecule has 4 N–H and O–H groups in total. The molecule has 23 heavy (non-hydrogen) atoms. The number of halogens is 3. The van der Waals surface area contributed by atoms with Gasteiger partial charge in [0.25, 0.3) is 0 Å². The number of carbonyl (C=O) groups excluding carboxylic acids is 1. The summed E-state index contributed by atoms with van der Waals surface area (Å²) in [5.41, 5.74) is 5.89. The predicted molar refractivity (Wildman–Crippen MR) is 78.8 cm³/mol. The number of hydrogen-bond acceptors (Lipinski definition) is 5. The second-order valence-corrected chi connectivity index (χ2v) is 6.06. The zero-order valence-electron chi connectivity index (χ0n) is 13.1. The van der Waals surface area contributed by atoms with Crippen molar-refractivity contribution in [2.24, 2.45) is 11.7 Å². The van der Waals surface area contributed by atoms with Crippen LogP contribution in [0.3, 0.4) is 0 Å². The van der Waals surface area contributed by atoms with E-state index in [1.165, 1.54) is 4.90 Å². The normalized spacial score (nSPS) is 24.2. The first-order valence-electron chi connectivity index (χ1n) is 8.02. The molecule has 2 saturated heterocycles. The SMILES string of the molecule is N[C@@H](C(=O)NC[C@H](N1CCNCC1)C(F)(F)F)C1CCOCC1. The van der Waals surface area contributed by atoms with E-state index in [0.29, 0.717) is 52.2 Å². The molecule has 0 aromatic heterocycles. The van der Waals surface area contributed by atoms with E-state index in [2.05, 4.69) is 10.6 Å². The largest absolute Gasteiger partial charge is 0.405 e. The minimum atomic E-state index is -4.38. The number of rotatable bonds is 5. The second kappa shape index (κ2) is 8.27. The molecule has 6 nitrogen and oxygen atoms in total. The summed E-state index contributed by atoms with van der Waals surface area (Å²) in [6.45, 7) is 2.27. The second-order valence-electron chi connectivity index (χ2n) is 6.06. The lowest BCUT2D eigenvalue weighted by molar-refractivity contribution is -0.184. The average molecular weight is 338 g/mol. The van der Waals surface area contributed by atoms with E-state index in [0.717, 1.165) is 0 Å². The number of piperazine rings is 1. The van der Waals surface area contributed by atoms with Crippen LogP contribution >= 0.6 is 0 Å². The molecule has 0 spiro atoms. The molecule has 2 aliphatic heterocycles. The third-order valence-corrected chi connectivity index (χ3v) is 4.52. The lowest BCUT2D eigenvalue weighted by atomic mass is 9.92. The van der Waals surface area contributed by atoms with Crippen molar-refractivity contribution >= 4 is 5.91 Å². The maximum absolute atomic E-state index is 13.2. The van der Waals surface area contributed by atoms with Gasteiger partial charge < -0.3 is 21.1 Å². The van der Waals surface area contributed by atoms with Crippen LogP contribution in [0.2, 0.25) is 0 Å². The lowest BCUT2D eigenvalue weighted by Gasteiger charge is -2.36. The maximum atomic E-state index is 13.2. The highest BCUT2D eigenvalue weighted by Gasteiger charge is 2.44. The fourth-order valence-corrected chi connectivity index (χ4v) is 3.05. The minimum absolute atomic E-state index is 0.0349. The van der Waals surface area contributed by atoms with Crippen LogP contribution in [0.25, 0.3) is 0 Å². The van der Waals surface area contributed by atoms with E-state index in [9.17, 15) is 18.0 Å². The third kappa shape index (κ3) is 5.30. The van der Waals surface area contributed by atoms with Crippen LogP contribution in [0.1, 0.15) is 12.8 Å². The number of nitrogens with two attached hydrogens (primary N) is 1. The zero-order valence-corrected chi connectivity index (χ0v) is 13.1. The average Bonchev–Trinajstić information content (AvgIpc) is 2.54.